The van der Waals surface area contributed by atoms with Crippen LogP contribution in [0.4, 0.5) is 5.13 Å². The van der Waals surface area contributed by atoms with Crippen LogP contribution in [0.5, 0.6) is 0 Å². The molecule has 136 valence electrons. The van der Waals surface area contributed by atoms with Crippen molar-refractivity contribution in [3.63, 3.8) is 0 Å². The van der Waals surface area contributed by atoms with E-state index in [0.717, 1.165) is 10.2 Å². The number of carbonyl (C=O) groups excluding carboxylic acids is 1. The minimum atomic E-state index is -0.111. The summed E-state index contributed by atoms with van der Waals surface area (Å²) in [5, 5.41) is 3.61. The topological polar surface area (TPSA) is 42.0 Å². The molecule has 1 N–H and O–H groups in total. The number of aromatic nitrogens is 1. The highest BCUT2D eigenvalue weighted by Gasteiger charge is 2.22. The molecule has 1 aromatic heterocycles. The monoisotopic (exact) mass is 366 g/mol. The van der Waals surface area contributed by atoms with E-state index in [0.29, 0.717) is 10.7 Å². The molecule has 0 bridgehead atoms. The summed E-state index contributed by atoms with van der Waals surface area (Å²) in [6.07, 6.45) is 0. The fraction of sp³-hybridized carbons (Fsp3) is 0.364. The summed E-state index contributed by atoms with van der Waals surface area (Å²) >= 11 is 1.50. The van der Waals surface area contributed by atoms with Crippen molar-refractivity contribution in [3.8, 4) is 0 Å². The van der Waals surface area contributed by atoms with Crippen molar-refractivity contribution in [1.29, 1.82) is 0 Å². The molecule has 0 spiro atoms. The van der Waals surface area contributed by atoms with Gasteiger partial charge in [-0.25, -0.2) is 4.98 Å². The van der Waals surface area contributed by atoms with E-state index in [4.69, 9.17) is 0 Å². The first kappa shape index (κ1) is 18.6. The summed E-state index contributed by atoms with van der Waals surface area (Å²) in [6.45, 7) is 13.0. The van der Waals surface area contributed by atoms with Gasteiger partial charge in [0.05, 0.1) is 10.2 Å². The molecule has 4 heteroatoms. The maximum Gasteiger partial charge on any atom is 0.257 e. The van der Waals surface area contributed by atoms with Crippen LogP contribution in [0.3, 0.4) is 0 Å². The van der Waals surface area contributed by atoms with Crippen molar-refractivity contribution >= 4 is 32.6 Å². The maximum absolute atomic E-state index is 12.9. The van der Waals surface area contributed by atoms with Crippen LogP contribution in [0.2, 0.25) is 0 Å². The summed E-state index contributed by atoms with van der Waals surface area (Å²) in [5.41, 5.74) is 3.88. The molecule has 3 nitrogen and oxygen atoms in total. The zero-order valence-electron chi connectivity index (χ0n) is 16.3. The number of benzene rings is 2. The van der Waals surface area contributed by atoms with Crippen LogP contribution in [0.15, 0.2) is 42.5 Å². The van der Waals surface area contributed by atoms with Crippen LogP contribution in [0.1, 0.15) is 63.0 Å². The van der Waals surface area contributed by atoms with E-state index < -0.39 is 0 Å². The minimum absolute atomic E-state index is 0.0217. The predicted octanol–water partition coefficient (Wildman–Crippen LogP) is 6.14. The zero-order chi connectivity index (χ0) is 19.1. The Morgan fingerprint density at radius 3 is 2.04 bits per heavy atom. The number of amides is 1. The molecule has 3 aromatic rings. The van der Waals surface area contributed by atoms with Gasteiger partial charge in [-0.3, -0.25) is 10.1 Å². The molecule has 0 atom stereocenters. The Balaban J connectivity index is 1.97. The van der Waals surface area contributed by atoms with Crippen LogP contribution in [0, 0.1) is 0 Å². The van der Waals surface area contributed by atoms with Crippen molar-refractivity contribution in [1.82, 2.24) is 4.98 Å². The largest absolute Gasteiger partial charge is 0.298 e. The molecular formula is C22H26N2OS. The molecule has 0 aliphatic rings. The van der Waals surface area contributed by atoms with Crippen LogP contribution in [0.25, 0.3) is 10.2 Å². The number of nitrogens with zero attached hydrogens (tertiary/aromatic N) is 1. The lowest BCUT2D eigenvalue weighted by atomic mass is 9.79. The maximum atomic E-state index is 12.9. The average Bonchev–Trinajstić information content (AvgIpc) is 2.95. The predicted molar refractivity (Wildman–Crippen MR) is 111 cm³/mol. The van der Waals surface area contributed by atoms with E-state index in [2.05, 4.69) is 57.9 Å². The van der Waals surface area contributed by atoms with Crippen LogP contribution in [-0.4, -0.2) is 10.9 Å². The van der Waals surface area contributed by atoms with Gasteiger partial charge in [0.1, 0.15) is 0 Å². The summed E-state index contributed by atoms with van der Waals surface area (Å²) in [7, 11) is 0. The third kappa shape index (κ3) is 3.96. The molecule has 1 amide bonds. The van der Waals surface area contributed by atoms with Crippen molar-refractivity contribution in [2.75, 3.05) is 5.32 Å². The van der Waals surface area contributed by atoms with Gasteiger partial charge in [0.2, 0.25) is 0 Å². The number of hydrogen-bond donors (Lipinski definition) is 1. The number of fused-ring (bicyclic) bond motifs is 1. The molecule has 0 aliphatic heterocycles. The quantitative estimate of drug-likeness (QED) is 0.591. The van der Waals surface area contributed by atoms with E-state index in [1.165, 1.54) is 22.5 Å². The molecule has 0 aliphatic carbocycles. The fourth-order valence-electron chi connectivity index (χ4n) is 2.72. The van der Waals surface area contributed by atoms with Gasteiger partial charge in [-0.2, -0.15) is 0 Å². The highest BCUT2D eigenvalue weighted by atomic mass is 32.1. The van der Waals surface area contributed by atoms with Gasteiger partial charge in [-0.05, 0) is 46.2 Å². The standard InChI is InChI=1S/C22H26N2OS/c1-21(2,3)15-11-14(12-16(13-15)22(4,5)6)19(25)24-20-23-17-9-7-8-10-18(17)26-20/h7-13H,1-6H3,(H,23,24,25). The number of nitrogens with one attached hydrogen (secondary N) is 1. The number of anilines is 1. The average molecular weight is 367 g/mol. The number of hydrogen-bond acceptors (Lipinski definition) is 3. The van der Waals surface area contributed by atoms with E-state index in [1.54, 1.807) is 0 Å². The smallest absolute Gasteiger partial charge is 0.257 e. The van der Waals surface area contributed by atoms with Crippen LogP contribution in [-0.2, 0) is 10.8 Å². The molecule has 0 fully saturated rings. The zero-order valence-corrected chi connectivity index (χ0v) is 17.1. The van der Waals surface area contributed by atoms with E-state index in [1.807, 2.05) is 36.4 Å². The molecule has 26 heavy (non-hydrogen) atoms. The van der Waals surface area contributed by atoms with E-state index in [-0.39, 0.29) is 16.7 Å². The van der Waals surface area contributed by atoms with Gasteiger partial charge in [0.25, 0.3) is 5.91 Å². The molecule has 0 saturated heterocycles. The lowest BCUT2D eigenvalue weighted by Crippen LogP contribution is -2.20. The Kier molecular flexibility index (Phi) is 4.65. The first-order valence-electron chi connectivity index (χ1n) is 8.87. The highest BCUT2D eigenvalue weighted by molar-refractivity contribution is 7.22. The molecule has 2 aromatic carbocycles. The Hall–Kier alpha value is -2.20. The number of rotatable bonds is 2. The highest BCUT2D eigenvalue weighted by Crippen LogP contribution is 2.31. The van der Waals surface area contributed by atoms with Crippen molar-refractivity contribution in [2.24, 2.45) is 0 Å². The first-order valence-corrected chi connectivity index (χ1v) is 9.69. The Labute approximate surface area is 159 Å². The third-order valence-corrected chi connectivity index (χ3v) is 5.39. The van der Waals surface area contributed by atoms with Crippen LogP contribution < -0.4 is 5.32 Å². The van der Waals surface area contributed by atoms with Crippen molar-refractivity contribution in [2.45, 2.75) is 52.4 Å². The fourth-order valence-corrected chi connectivity index (χ4v) is 3.58. The first-order chi connectivity index (χ1) is 12.0. The SMILES string of the molecule is CC(C)(C)c1cc(C(=O)Nc2nc3ccccc3s2)cc(C(C)(C)C)c1. The summed E-state index contributed by atoms with van der Waals surface area (Å²) in [4.78, 5) is 17.4. The lowest BCUT2D eigenvalue weighted by molar-refractivity contribution is 0.102. The number of thiazole rings is 1. The number of para-hydroxylation sites is 1. The molecular weight excluding hydrogens is 340 g/mol. The number of carbonyl (C=O) groups is 1. The molecule has 0 saturated carbocycles. The summed E-state index contributed by atoms with van der Waals surface area (Å²) in [5.74, 6) is -0.111. The van der Waals surface area contributed by atoms with Gasteiger partial charge in [0, 0.05) is 5.56 Å². The van der Waals surface area contributed by atoms with Gasteiger partial charge in [-0.15, -0.1) is 0 Å². The normalized spacial score (nSPS) is 12.4. The molecule has 3 rings (SSSR count). The van der Waals surface area contributed by atoms with Gasteiger partial charge < -0.3 is 0 Å². The summed E-state index contributed by atoms with van der Waals surface area (Å²) < 4.78 is 1.07. The molecule has 0 unspecified atom stereocenters. The van der Waals surface area contributed by atoms with Gasteiger partial charge in [0.15, 0.2) is 5.13 Å². The Morgan fingerprint density at radius 1 is 0.923 bits per heavy atom. The van der Waals surface area contributed by atoms with Crippen molar-refractivity contribution in [3.05, 3.63) is 59.2 Å². The van der Waals surface area contributed by atoms with E-state index in [9.17, 15) is 4.79 Å². The second-order valence-electron chi connectivity index (χ2n) is 8.74. The Bertz CT molecular complexity index is 893. The molecule has 0 radical (unpaired) electrons. The minimum Gasteiger partial charge on any atom is -0.298 e. The van der Waals surface area contributed by atoms with Crippen LogP contribution >= 0.6 is 11.3 Å². The lowest BCUT2D eigenvalue weighted by Gasteiger charge is -2.26. The van der Waals surface area contributed by atoms with E-state index >= 15 is 0 Å². The van der Waals surface area contributed by atoms with Gasteiger partial charge in [-0.1, -0.05) is 71.1 Å². The van der Waals surface area contributed by atoms with Crippen molar-refractivity contribution < 1.29 is 4.79 Å². The second-order valence-corrected chi connectivity index (χ2v) is 9.77. The molecule has 1 heterocycles. The second kappa shape index (κ2) is 6.51. The Morgan fingerprint density at radius 2 is 1.50 bits per heavy atom. The summed E-state index contributed by atoms with van der Waals surface area (Å²) in [6, 6.07) is 14.1. The third-order valence-electron chi connectivity index (χ3n) is 4.44. The van der Waals surface area contributed by atoms with Gasteiger partial charge >= 0.3 is 0 Å².